The van der Waals surface area contributed by atoms with Gasteiger partial charge in [-0.15, -0.1) is 0 Å². The number of carbonyl (C=O) groups is 2. The number of hydrogen-bond acceptors (Lipinski definition) is 4. The lowest BCUT2D eigenvalue weighted by atomic mass is 10.0. The quantitative estimate of drug-likeness (QED) is 0.800. The predicted octanol–water partition coefficient (Wildman–Crippen LogP) is 0.593. The van der Waals surface area contributed by atoms with Crippen molar-refractivity contribution in [3.05, 3.63) is 35.9 Å². The van der Waals surface area contributed by atoms with Crippen LogP contribution in [0.5, 0.6) is 0 Å². The van der Waals surface area contributed by atoms with Gasteiger partial charge in [0.2, 0.25) is 5.91 Å². The fraction of sp³-hybridized carbons (Fsp3) is 0.467. The molecule has 1 aliphatic heterocycles. The number of hydrogen-bond donors (Lipinski definition) is 1. The highest BCUT2D eigenvalue weighted by Gasteiger charge is 2.29. The maximum Gasteiger partial charge on any atom is 0.325 e. The van der Waals surface area contributed by atoms with Crippen molar-refractivity contribution in [1.29, 1.82) is 0 Å². The second kappa shape index (κ2) is 7.05. The molecule has 0 spiro atoms. The summed E-state index contributed by atoms with van der Waals surface area (Å²) in [5.41, 5.74) is 1.11. The number of amides is 1. The van der Waals surface area contributed by atoms with Crippen molar-refractivity contribution < 1.29 is 14.3 Å². The molecule has 0 aliphatic carbocycles. The zero-order valence-electron chi connectivity index (χ0n) is 11.7. The highest BCUT2D eigenvalue weighted by Crippen LogP contribution is 2.09. The molecule has 1 aliphatic rings. The first kappa shape index (κ1) is 14.5. The summed E-state index contributed by atoms with van der Waals surface area (Å²) < 4.78 is 4.89. The van der Waals surface area contributed by atoms with Crippen molar-refractivity contribution in [3.63, 3.8) is 0 Å². The number of nitrogens with zero attached hydrogens (tertiary/aromatic N) is 1. The van der Waals surface area contributed by atoms with Crippen LogP contribution in [0.3, 0.4) is 0 Å². The van der Waals surface area contributed by atoms with Gasteiger partial charge in [-0.05, 0) is 18.9 Å². The summed E-state index contributed by atoms with van der Waals surface area (Å²) in [6, 6.07) is 9.60. The minimum atomic E-state index is -0.346. The lowest BCUT2D eigenvalue weighted by Crippen LogP contribution is -2.57. The van der Waals surface area contributed by atoms with Gasteiger partial charge in [0, 0.05) is 13.1 Å². The maximum absolute atomic E-state index is 12.3. The molecule has 1 amide bonds. The van der Waals surface area contributed by atoms with E-state index in [1.165, 1.54) is 0 Å². The van der Waals surface area contributed by atoms with Crippen molar-refractivity contribution >= 4 is 11.9 Å². The van der Waals surface area contributed by atoms with Crippen molar-refractivity contribution in [2.45, 2.75) is 19.4 Å². The molecule has 0 radical (unpaired) electrons. The fourth-order valence-electron chi connectivity index (χ4n) is 2.32. The molecule has 1 N–H and O–H groups in total. The molecule has 108 valence electrons. The second-order valence-corrected chi connectivity index (χ2v) is 4.76. The summed E-state index contributed by atoms with van der Waals surface area (Å²) >= 11 is 0. The van der Waals surface area contributed by atoms with E-state index in [0.29, 0.717) is 26.1 Å². The standard InChI is InChI=1S/C15H20N2O3/c1-2-20-14(18)11-17-9-8-16-13(15(17)19)10-12-6-4-3-5-7-12/h3-7,13,16H,2,8-11H2,1H3/t13-/m1/s1. The maximum atomic E-state index is 12.3. The van der Waals surface area contributed by atoms with E-state index in [-0.39, 0.29) is 24.5 Å². The molecule has 1 aromatic carbocycles. The third-order valence-electron chi connectivity index (χ3n) is 3.29. The van der Waals surface area contributed by atoms with Gasteiger partial charge < -0.3 is 15.0 Å². The third-order valence-corrected chi connectivity index (χ3v) is 3.29. The van der Waals surface area contributed by atoms with Crippen LogP contribution in [0.4, 0.5) is 0 Å². The highest BCUT2D eigenvalue weighted by molar-refractivity contribution is 5.86. The van der Waals surface area contributed by atoms with Gasteiger partial charge in [-0.3, -0.25) is 9.59 Å². The van der Waals surface area contributed by atoms with Gasteiger partial charge >= 0.3 is 5.97 Å². The van der Waals surface area contributed by atoms with Crippen LogP contribution in [0.2, 0.25) is 0 Å². The van der Waals surface area contributed by atoms with E-state index in [1.807, 2.05) is 30.3 Å². The van der Waals surface area contributed by atoms with Crippen LogP contribution in [0.25, 0.3) is 0 Å². The van der Waals surface area contributed by atoms with Crippen molar-refractivity contribution in [2.24, 2.45) is 0 Å². The molecule has 0 aromatic heterocycles. The van der Waals surface area contributed by atoms with E-state index in [4.69, 9.17) is 4.74 Å². The van der Waals surface area contributed by atoms with E-state index < -0.39 is 0 Å². The van der Waals surface area contributed by atoms with Gasteiger partial charge in [0.15, 0.2) is 0 Å². The Morgan fingerprint density at radius 2 is 2.15 bits per heavy atom. The first-order chi connectivity index (χ1) is 9.70. The Labute approximate surface area is 118 Å². The van der Waals surface area contributed by atoms with E-state index in [2.05, 4.69) is 5.32 Å². The summed E-state index contributed by atoms with van der Waals surface area (Å²) in [6.07, 6.45) is 0.638. The average Bonchev–Trinajstić information content (AvgIpc) is 2.45. The molecule has 20 heavy (non-hydrogen) atoms. The van der Waals surface area contributed by atoms with Crippen molar-refractivity contribution in [1.82, 2.24) is 10.2 Å². The molecule has 0 saturated carbocycles. The van der Waals surface area contributed by atoms with Gasteiger partial charge in [-0.25, -0.2) is 0 Å². The molecule has 1 heterocycles. The number of rotatable bonds is 5. The molecule has 5 heteroatoms. The predicted molar refractivity (Wildman–Crippen MR) is 75.1 cm³/mol. The van der Waals surface area contributed by atoms with Crippen LogP contribution in [-0.2, 0) is 20.7 Å². The Bertz CT molecular complexity index is 461. The van der Waals surface area contributed by atoms with Crippen molar-refractivity contribution in [2.75, 3.05) is 26.2 Å². The van der Waals surface area contributed by atoms with E-state index in [9.17, 15) is 9.59 Å². The lowest BCUT2D eigenvalue weighted by molar-refractivity contribution is -0.150. The third kappa shape index (κ3) is 3.81. The molecule has 1 aromatic rings. The number of piperazine rings is 1. The Balaban J connectivity index is 1.94. The number of esters is 1. The van der Waals surface area contributed by atoms with E-state index >= 15 is 0 Å². The fourth-order valence-corrected chi connectivity index (χ4v) is 2.32. The van der Waals surface area contributed by atoms with Gasteiger partial charge in [0.1, 0.15) is 6.54 Å². The van der Waals surface area contributed by atoms with Gasteiger partial charge in [0.25, 0.3) is 0 Å². The smallest absolute Gasteiger partial charge is 0.325 e. The molecule has 2 rings (SSSR count). The van der Waals surface area contributed by atoms with E-state index in [1.54, 1.807) is 11.8 Å². The molecule has 0 unspecified atom stereocenters. The minimum Gasteiger partial charge on any atom is -0.465 e. The van der Waals surface area contributed by atoms with Crippen LogP contribution in [0.15, 0.2) is 30.3 Å². The zero-order valence-corrected chi connectivity index (χ0v) is 11.7. The largest absolute Gasteiger partial charge is 0.465 e. The normalized spacial score (nSPS) is 18.9. The highest BCUT2D eigenvalue weighted by atomic mass is 16.5. The summed E-state index contributed by atoms with van der Waals surface area (Å²) in [6.45, 7) is 3.38. The van der Waals surface area contributed by atoms with Gasteiger partial charge in [-0.1, -0.05) is 30.3 Å². The Morgan fingerprint density at radius 3 is 2.85 bits per heavy atom. The van der Waals surface area contributed by atoms with Gasteiger partial charge in [0.05, 0.1) is 12.6 Å². The van der Waals surface area contributed by atoms with Gasteiger partial charge in [-0.2, -0.15) is 0 Å². The first-order valence-electron chi connectivity index (χ1n) is 6.92. The van der Waals surface area contributed by atoms with Crippen LogP contribution in [0.1, 0.15) is 12.5 Å². The molecule has 1 saturated heterocycles. The van der Waals surface area contributed by atoms with Crippen LogP contribution >= 0.6 is 0 Å². The molecule has 1 fully saturated rings. The molecular weight excluding hydrogens is 256 g/mol. The number of carbonyl (C=O) groups excluding carboxylic acids is 2. The number of benzene rings is 1. The first-order valence-corrected chi connectivity index (χ1v) is 6.92. The second-order valence-electron chi connectivity index (χ2n) is 4.76. The lowest BCUT2D eigenvalue weighted by Gasteiger charge is -2.32. The molecule has 5 nitrogen and oxygen atoms in total. The molecule has 1 atom stereocenters. The van der Waals surface area contributed by atoms with E-state index in [0.717, 1.165) is 5.56 Å². The van der Waals surface area contributed by atoms with Crippen LogP contribution in [-0.4, -0.2) is 49.1 Å². The summed E-state index contributed by atoms with van der Waals surface area (Å²) in [4.78, 5) is 25.4. The minimum absolute atomic E-state index is 0.0341. The Kier molecular flexibility index (Phi) is 5.12. The summed E-state index contributed by atoms with van der Waals surface area (Å²) in [5.74, 6) is -0.380. The SMILES string of the molecule is CCOC(=O)CN1CCN[C@H](Cc2ccccc2)C1=O. The Morgan fingerprint density at radius 1 is 1.40 bits per heavy atom. The number of ether oxygens (including phenoxy) is 1. The van der Waals surface area contributed by atoms with Crippen molar-refractivity contribution in [3.8, 4) is 0 Å². The molecular formula is C15H20N2O3. The molecule has 0 bridgehead atoms. The summed E-state index contributed by atoms with van der Waals surface area (Å²) in [7, 11) is 0. The topological polar surface area (TPSA) is 58.6 Å². The van der Waals surface area contributed by atoms with Crippen LogP contribution < -0.4 is 5.32 Å². The monoisotopic (exact) mass is 276 g/mol. The number of nitrogens with one attached hydrogen (secondary N) is 1. The Hall–Kier alpha value is -1.88. The summed E-state index contributed by atoms with van der Waals surface area (Å²) in [5, 5.41) is 3.21. The zero-order chi connectivity index (χ0) is 14.4. The average molecular weight is 276 g/mol. The van der Waals surface area contributed by atoms with Crippen LogP contribution in [0, 0.1) is 0 Å².